The molecule has 5 heteroatoms. The van der Waals surface area contributed by atoms with Crippen LogP contribution < -0.4 is 15.8 Å². The Morgan fingerprint density at radius 1 is 1.59 bits per heavy atom. The molecule has 1 rings (SSSR count). The van der Waals surface area contributed by atoms with Crippen LogP contribution in [0, 0.1) is 5.92 Å². The number of nitrogens with two attached hydrogens (primary N) is 1. The van der Waals surface area contributed by atoms with Gasteiger partial charge in [-0.05, 0) is 30.7 Å². The second-order valence-electron chi connectivity index (χ2n) is 3.90. The third kappa shape index (κ3) is 3.91. The fraction of sp³-hybridized carbons (Fsp3) is 0.417. The van der Waals surface area contributed by atoms with Crippen molar-refractivity contribution >= 4 is 17.5 Å². The van der Waals surface area contributed by atoms with E-state index in [4.69, 9.17) is 22.1 Å². The summed E-state index contributed by atoms with van der Waals surface area (Å²) in [6.45, 7) is 3.07. The van der Waals surface area contributed by atoms with Crippen LogP contribution in [0.15, 0.2) is 18.2 Å². The second-order valence-corrected chi connectivity index (χ2v) is 4.31. The van der Waals surface area contributed by atoms with E-state index in [1.54, 1.807) is 18.2 Å². The third-order valence-corrected chi connectivity index (χ3v) is 2.72. The zero-order chi connectivity index (χ0) is 12.8. The Hall–Kier alpha value is -1.26. The SMILES string of the molecule is COc1ccc(C(=O)NCC(C)CN)cc1Cl. The summed E-state index contributed by atoms with van der Waals surface area (Å²) in [6, 6.07) is 4.93. The summed E-state index contributed by atoms with van der Waals surface area (Å²) in [4.78, 5) is 11.8. The van der Waals surface area contributed by atoms with Crippen LogP contribution in [0.25, 0.3) is 0 Å². The van der Waals surface area contributed by atoms with E-state index in [1.165, 1.54) is 7.11 Å². The normalized spacial score (nSPS) is 12.0. The Morgan fingerprint density at radius 2 is 2.29 bits per heavy atom. The highest BCUT2D eigenvalue weighted by Crippen LogP contribution is 2.24. The average molecular weight is 257 g/mol. The van der Waals surface area contributed by atoms with E-state index in [9.17, 15) is 4.79 Å². The monoisotopic (exact) mass is 256 g/mol. The molecule has 1 aromatic rings. The van der Waals surface area contributed by atoms with Gasteiger partial charge in [0, 0.05) is 12.1 Å². The maximum absolute atomic E-state index is 11.8. The van der Waals surface area contributed by atoms with Gasteiger partial charge in [0.2, 0.25) is 0 Å². The van der Waals surface area contributed by atoms with E-state index in [0.29, 0.717) is 29.4 Å². The Bertz CT molecular complexity index is 396. The van der Waals surface area contributed by atoms with Crippen molar-refractivity contribution in [2.45, 2.75) is 6.92 Å². The standard InChI is InChI=1S/C12H17ClN2O2/c1-8(6-14)7-15-12(16)9-3-4-11(17-2)10(13)5-9/h3-5,8H,6-7,14H2,1-2H3,(H,15,16). The zero-order valence-corrected chi connectivity index (χ0v) is 10.8. The predicted molar refractivity (Wildman–Crippen MR) is 68.6 cm³/mol. The van der Waals surface area contributed by atoms with Crippen LogP contribution >= 0.6 is 11.6 Å². The summed E-state index contributed by atoms with van der Waals surface area (Å²) in [6.07, 6.45) is 0. The number of nitrogens with one attached hydrogen (secondary N) is 1. The summed E-state index contributed by atoms with van der Waals surface area (Å²) >= 11 is 5.94. The lowest BCUT2D eigenvalue weighted by molar-refractivity contribution is 0.0948. The van der Waals surface area contributed by atoms with Gasteiger partial charge in [0.1, 0.15) is 5.75 Å². The molecule has 0 aliphatic heterocycles. The van der Waals surface area contributed by atoms with Crippen LogP contribution in [0.4, 0.5) is 0 Å². The molecule has 0 bridgehead atoms. The van der Waals surface area contributed by atoms with Crippen LogP contribution in [0.2, 0.25) is 5.02 Å². The van der Waals surface area contributed by atoms with Crippen molar-refractivity contribution in [2.24, 2.45) is 11.7 Å². The van der Waals surface area contributed by atoms with Crippen molar-refractivity contribution in [3.8, 4) is 5.75 Å². The van der Waals surface area contributed by atoms with Gasteiger partial charge in [-0.15, -0.1) is 0 Å². The van der Waals surface area contributed by atoms with Gasteiger partial charge in [-0.1, -0.05) is 18.5 Å². The van der Waals surface area contributed by atoms with Gasteiger partial charge in [-0.3, -0.25) is 4.79 Å². The Labute approximate surface area is 106 Å². The van der Waals surface area contributed by atoms with E-state index in [1.807, 2.05) is 6.92 Å². The quantitative estimate of drug-likeness (QED) is 0.842. The predicted octanol–water partition coefficient (Wildman–Crippen LogP) is 1.67. The minimum Gasteiger partial charge on any atom is -0.495 e. The maximum atomic E-state index is 11.8. The van der Waals surface area contributed by atoms with Crippen molar-refractivity contribution in [3.63, 3.8) is 0 Å². The summed E-state index contributed by atoms with van der Waals surface area (Å²) in [5.41, 5.74) is 5.98. The van der Waals surface area contributed by atoms with Gasteiger partial charge < -0.3 is 15.8 Å². The van der Waals surface area contributed by atoms with Gasteiger partial charge in [0.05, 0.1) is 12.1 Å². The molecule has 1 aromatic carbocycles. The van der Waals surface area contributed by atoms with Crippen molar-refractivity contribution in [1.29, 1.82) is 0 Å². The second kappa shape index (κ2) is 6.47. The molecule has 0 aliphatic carbocycles. The highest BCUT2D eigenvalue weighted by atomic mass is 35.5. The number of rotatable bonds is 5. The van der Waals surface area contributed by atoms with Gasteiger partial charge in [-0.25, -0.2) is 0 Å². The third-order valence-electron chi connectivity index (χ3n) is 2.43. The molecule has 0 radical (unpaired) electrons. The van der Waals surface area contributed by atoms with Crippen molar-refractivity contribution in [2.75, 3.05) is 20.2 Å². The number of ether oxygens (including phenoxy) is 1. The number of carbonyl (C=O) groups is 1. The topological polar surface area (TPSA) is 64.3 Å². The van der Waals surface area contributed by atoms with E-state index in [0.717, 1.165) is 0 Å². The van der Waals surface area contributed by atoms with E-state index in [-0.39, 0.29) is 11.8 Å². The lowest BCUT2D eigenvalue weighted by atomic mass is 10.1. The number of benzene rings is 1. The summed E-state index contributed by atoms with van der Waals surface area (Å²) in [5.74, 6) is 0.654. The molecule has 4 nitrogen and oxygen atoms in total. The van der Waals surface area contributed by atoms with E-state index >= 15 is 0 Å². The molecule has 94 valence electrons. The van der Waals surface area contributed by atoms with Gasteiger partial charge in [-0.2, -0.15) is 0 Å². The number of carbonyl (C=O) groups excluding carboxylic acids is 1. The first-order valence-electron chi connectivity index (χ1n) is 5.40. The molecule has 1 amide bonds. The summed E-state index contributed by atoms with van der Waals surface area (Å²) < 4.78 is 5.02. The van der Waals surface area contributed by atoms with E-state index < -0.39 is 0 Å². The summed E-state index contributed by atoms with van der Waals surface area (Å²) in [5, 5.41) is 3.22. The smallest absolute Gasteiger partial charge is 0.251 e. The average Bonchev–Trinajstić information content (AvgIpc) is 2.35. The molecule has 0 heterocycles. The molecule has 1 atom stereocenters. The fourth-order valence-corrected chi connectivity index (χ4v) is 1.52. The molecule has 17 heavy (non-hydrogen) atoms. The molecule has 3 N–H and O–H groups in total. The first kappa shape index (κ1) is 13.8. The number of halogens is 1. The van der Waals surface area contributed by atoms with Crippen molar-refractivity contribution < 1.29 is 9.53 Å². The van der Waals surface area contributed by atoms with Crippen molar-refractivity contribution in [3.05, 3.63) is 28.8 Å². The van der Waals surface area contributed by atoms with Crippen LogP contribution in [0.3, 0.4) is 0 Å². The number of hydrogen-bond acceptors (Lipinski definition) is 3. The number of amides is 1. The van der Waals surface area contributed by atoms with Gasteiger partial charge >= 0.3 is 0 Å². The van der Waals surface area contributed by atoms with E-state index in [2.05, 4.69) is 5.32 Å². The summed E-state index contributed by atoms with van der Waals surface area (Å²) in [7, 11) is 1.53. The largest absolute Gasteiger partial charge is 0.495 e. The maximum Gasteiger partial charge on any atom is 0.251 e. The fourth-order valence-electron chi connectivity index (χ4n) is 1.26. The molecule has 0 fully saturated rings. The minimum atomic E-state index is -0.158. The lowest BCUT2D eigenvalue weighted by Gasteiger charge is -2.10. The zero-order valence-electron chi connectivity index (χ0n) is 10.00. The first-order chi connectivity index (χ1) is 8.08. The van der Waals surface area contributed by atoms with Gasteiger partial charge in [0.25, 0.3) is 5.91 Å². The Balaban J connectivity index is 2.66. The van der Waals surface area contributed by atoms with Crippen LogP contribution in [-0.2, 0) is 0 Å². The molecule has 0 spiro atoms. The van der Waals surface area contributed by atoms with Crippen LogP contribution in [0.1, 0.15) is 17.3 Å². The molecular formula is C12H17ClN2O2. The molecule has 0 aliphatic rings. The van der Waals surface area contributed by atoms with Gasteiger partial charge in [0.15, 0.2) is 0 Å². The Kier molecular flexibility index (Phi) is 5.25. The van der Waals surface area contributed by atoms with Crippen molar-refractivity contribution in [1.82, 2.24) is 5.32 Å². The molecule has 0 saturated carbocycles. The molecular weight excluding hydrogens is 240 g/mol. The number of hydrogen-bond donors (Lipinski definition) is 2. The highest BCUT2D eigenvalue weighted by molar-refractivity contribution is 6.32. The van der Waals surface area contributed by atoms with Crippen LogP contribution in [0.5, 0.6) is 5.75 Å². The Morgan fingerprint density at radius 3 is 2.82 bits per heavy atom. The number of methoxy groups -OCH3 is 1. The lowest BCUT2D eigenvalue weighted by Crippen LogP contribution is -2.31. The molecule has 0 saturated heterocycles. The minimum absolute atomic E-state index is 0.158. The molecule has 0 aromatic heterocycles. The first-order valence-corrected chi connectivity index (χ1v) is 5.78. The highest BCUT2D eigenvalue weighted by Gasteiger charge is 2.09. The van der Waals surface area contributed by atoms with Crippen LogP contribution in [-0.4, -0.2) is 26.1 Å². The molecule has 1 unspecified atom stereocenters.